The van der Waals surface area contributed by atoms with E-state index in [-0.39, 0.29) is 6.04 Å². The second-order valence-electron chi connectivity index (χ2n) is 4.68. The van der Waals surface area contributed by atoms with Crippen LogP contribution in [0.5, 0.6) is 0 Å². The second-order valence-corrected chi connectivity index (χ2v) is 4.68. The van der Waals surface area contributed by atoms with Crippen molar-refractivity contribution >= 4 is 0 Å². The molecule has 0 aromatic carbocycles. The lowest BCUT2D eigenvalue weighted by molar-refractivity contribution is 0.501. The van der Waals surface area contributed by atoms with Crippen LogP contribution in [-0.2, 0) is 26.6 Å². The average molecular weight is 247 g/mol. The van der Waals surface area contributed by atoms with Crippen LogP contribution in [0.15, 0.2) is 6.20 Å². The summed E-state index contributed by atoms with van der Waals surface area (Å²) in [6.45, 7) is 3.88. The van der Waals surface area contributed by atoms with Crippen molar-refractivity contribution in [2.45, 2.75) is 38.9 Å². The molecule has 1 aliphatic heterocycles. The summed E-state index contributed by atoms with van der Waals surface area (Å²) in [6.07, 6.45) is 4.00. The third-order valence-corrected chi connectivity index (χ3v) is 3.42. The zero-order valence-electron chi connectivity index (χ0n) is 10.7. The minimum absolute atomic E-state index is 0.180. The molecule has 0 bridgehead atoms. The number of hydrogen-bond donors (Lipinski definition) is 1. The third kappa shape index (κ3) is 1.90. The van der Waals surface area contributed by atoms with E-state index in [4.69, 9.17) is 0 Å². The van der Waals surface area contributed by atoms with Gasteiger partial charge in [0.2, 0.25) is 0 Å². The number of aryl methyl sites for hydroxylation is 2. The van der Waals surface area contributed by atoms with Crippen LogP contribution < -0.4 is 5.32 Å². The van der Waals surface area contributed by atoms with Crippen molar-refractivity contribution in [2.24, 2.45) is 7.05 Å². The Morgan fingerprint density at radius 3 is 3.11 bits per heavy atom. The molecule has 0 fully saturated rings. The van der Waals surface area contributed by atoms with E-state index in [1.165, 1.54) is 6.42 Å². The smallest absolute Gasteiger partial charge is 0.149 e. The van der Waals surface area contributed by atoms with Crippen LogP contribution in [0.3, 0.4) is 0 Å². The lowest BCUT2D eigenvalue weighted by atomic mass is 10.3. The van der Waals surface area contributed by atoms with Gasteiger partial charge in [0, 0.05) is 26.6 Å². The van der Waals surface area contributed by atoms with Gasteiger partial charge in [0.05, 0.1) is 17.9 Å². The minimum atomic E-state index is 0.180. The molecule has 1 atom stereocenters. The number of fused-ring (bicyclic) bond motifs is 1. The van der Waals surface area contributed by atoms with Crippen molar-refractivity contribution in [1.29, 1.82) is 0 Å². The van der Waals surface area contributed by atoms with Gasteiger partial charge in [-0.1, -0.05) is 5.21 Å². The predicted octanol–water partition coefficient (Wildman–Crippen LogP) is 0.204. The highest BCUT2D eigenvalue weighted by molar-refractivity contribution is 5.04. The molecule has 18 heavy (non-hydrogen) atoms. The van der Waals surface area contributed by atoms with Gasteiger partial charge in [-0.15, -0.1) is 15.3 Å². The Kier molecular flexibility index (Phi) is 2.83. The largest absolute Gasteiger partial charge is 0.314 e. The molecule has 0 amide bonds. The number of nitrogens with zero attached hydrogens (tertiary/aromatic N) is 6. The summed E-state index contributed by atoms with van der Waals surface area (Å²) in [5, 5.41) is 19.7. The zero-order chi connectivity index (χ0) is 12.5. The third-order valence-electron chi connectivity index (χ3n) is 3.42. The molecule has 1 aliphatic rings. The SMILES string of the molecule is CC(NCc1cnnn1C)c1nnc2n1CCC2. The molecule has 1 N–H and O–H groups in total. The van der Waals surface area contributed by atoms with Crippen molar-refractivity contribution < 1.29 is 0 Å². The number of hydrogen-bond acceptors (Lipinski definition) is 5. The van der Waals surface area contributed by atoms with E-state index in [0.717, 1.165) is 36.9 Å². The Labute approximate surface area is 105 Å². The van der Waals surface area contributed by atoms with Crippen LogP contribution in [0.2, 0.25) is 0 Å². The summed E-state index contributed by atoms with van der Waals surface area (Å²) in [6, 6.07) is 0.180. The molecule has 7 heteroatoms. The summed E-state index contributed by atoms with van der Waals surface area (Å²) in [4.78, 5) is 0. The normalized spacial score (nSPS) is 15.9. The maximum Gasteiger partial charge on any atom is 0.149 e. The number of rotatable bonds is 4. The quantitative estimate of drug-likeness (QED) is 0.835. The van der Waals surface area contributed by atoms with Crippen LogP contribution in [0.25, 0.3) is 0 Å². The predicted molar refractivity (Wildman–Crippen MR) is 64.6 cm³/mol. The van der Waals surface area contributed by atoms with E-state index in [1.54, 1.807) is 10.9 Å². The van der Waals surface area contributed by atoms with E-state index in [9.17, 15) is 0 Å². The molecule has 0 saturated carbocycles. The van der Waals surface area contributed by atoms with E-state index < -0.39 is 0 Å². The van der Waals surface area contributed by atoms with Gasteiger partial charge in [-0.3, -0.25) is 4.68 Å². The summed E-state index contributed by atoms with van der Waals surface area (Å²) in [5.41, 5.74) is 1.06. The number of aromatic nitrogens is 6. The van der Waals surface area contributed by atoms with Crippen molar-refractivity contribution in [3.63, 3.8) is 0 Å². The summed E-state index contributed by atoms with van der Waals surface area (Å²) < 4.78 is 3.99. The molecule has 0 radical (unpaired) electrons. The first kappa shape index (κ1) is 11.3. The Morgan fingerprint density at radius 2 is 2.33 bits per heavy atom. The summed E-state index contributed by atoms with van der Waals surface area (Å²) >= 11 is 0. The number of nitrogens with one attached hydrogen (secondary N) is 1. The van der Waals surface area contributed by atoms with Gasteiger partial charge in [-0.05, 0) is 13.3 Å². The Hall–Kier alpha value is -1.76. The highest BCUT2D eigenvalue weighted by atomic mass is 15.4. The van der Waals surface area contributed by atoms with E-state index in [1.807, 2.05) is 7.05 Å². The van der Waals surface area contributed by atoms with Crippen LogP contribution in [0.1, 0.15) is 36.7 Å². The zero-order valence-corrected chi connectivity index (χ0v) is 10.7. The van der Waals surface area contributed by atoms with E-state index in [2.05, 4.69) is 37.3 Å². The molecule has 96 valence electrons. The van der Waals surface area contributed by atoms with Gasteiger partial charge in [0.25, 0.3) is 0 Å². The average Bonchev–Trinajstić information content (AvgIpc) is 3.01. The standard InChI is InChI=1S/C11H17N7/c1-8(12-6-9-7-13-16-17(9)2)11-15-14-10-4-3-5-18(10)11/h7-8,12H,3-6H2,1-2H3. The second kappa shape index (κ2) is 4.49. The van der Waals surface area contributed by atoms with Gasteiger partial charge in [-0.2, -0.15) is 0 Å². The molecule has 0 aliphatic carbocycles. The molecular weight excluding hydrogens is 230 g/mol. The fourth-order valence-electron chi connectivity index (χ4n) is 2.31. The van der Waals surface area contributed by atoms with E-state index in [0.29, 0.717) is 0 Å². The van der Waals surface area contributed by atoms with Crippen LogP contribution in [0, 0.1) is 0 Å². The van der Waals surface area contributed by atoms with E-state index >= 15 is 0 Å². The Bertz CT molecular complexity index is 541. The first-order valence-electron chi connectivity index (χ1n) is 6.24. The maximum absolute atomic E-state index is 4.27. The minimum Gasteiger partial charge on any atom is -0.314 e. The van der Waals surface area contributed by atoms with Crippen molar-refractivity contribution in [3.8, 4) is 0 Å². The highest BCUT2D eigenvalue weighted by Gasteiger charge is 2.21. The fraction of sp³-hybridized carbons (Fsp3) is 0.636. The lowest BCUT2D eigenvalue weighted by Gasteiger charge is -2.13. The van der Waals surface area contributed by atoms with Gasteiger partial charge in [0.15, 0.2) is 0 Å². The molecule has 1 unspecified atom stereocenters. The van der Waals surface area contributed by atoms with Crippen molar-refractivity contribution in [2.75, 3.05) is 0 Å². The molecule has 0 spiro atoms. The van der Waals surface area contributed by atoms with Gasteiger partial charge >= 0.3 is 0 Å². The molecule has 3 heterocycles. The molecule has 2 aromatic heterocycles. The Balaban J connectivity index is 1.68. The van der Waals surface area contributed by atoms with Crippen LogP contribution in [0.4, 0.5) is 0 Å². The van der Waals surface area contributed by atoms with Gasteiger partial charge in [-0.25, -0.2) is 0 Å². The summed E-state index contributed by atoms with van der Waals surface area (Å²) in [7, 11) is 1.89. The van der Waals surface area contributed by atoms with Gasteiger partial charge < -0.3 is 9.88 Å². The first-order chi connectivity index (χ1) is 8.75. The maximum atomic E-state index is 4.27. The summed E-state index contributed by atoms with van der Waals surface area (Å²) in [5.74, 6) is 2.14. The topological polar surface area (TPSA) is 73.5 Å². The van der Waals surface area contributed by atoms with Crippen molar-refractivity contribution in [3.05, 3.63) is 23.5 Å². The fourth-order valence-corrected chi connectivity index (χ4v) is 2.31. The molecular formula is C11H17N7. The van der Waals surface area contributed by atoms with Crippen LogP contribution in [-0.4, -0.2) is 29.8 Å². The Morgan fingerprint density at radius 1 is 1.44 bits per heavy atom. The molecule has 0 saturated heterocycles. The van der Waals surface area contributed by atoms with Crippen molar-refractivity contribution in [1.82, 2.24) is 35.1 Å². The highest BCUT2D eigenvalue weighted by Crippen LogP contribution is 2.18. The van der Waals surface area contributed by atoms with Crippen LogP contribution >= 0.6 is 0 Å². The molecule has 7 nitrogen and oxygen atoms in total. The monoisotopic (exact) mass is 247 g/mol. The first-order valence-corrected chi connectivity index (χ1v) is 6.24. The lowest BCUT2D eigenvalue weighted by Crippen LogP contribution is -2.22. The van der Waals surface area contributed by atoms with Gasteiger partial charge in [0.1, 0.15) is 11.6 Å². The molecule has 3 rings (SSSR count). The molecule has 2 aromatic rings.